The van der Waals surface area contributed by atoms with Crippen LogP contribution in [0.15, 0.2) is 12.1 Å². The molecule has 0 saturated heterocycles. The van der Waals surface area contributed by atoms with Gasteiger partial charge in [-0.25, -0.2) is 0 Å². The number of methoxy groups -OCH3 is 2. The zero-order chi connectivity index (χ0) is 9.84. The lowest BCUT2D eigenvalue weighted by Gasteiger charge is -2.09. The maximum Gasteiger partial charge on any atom is 0.130 e. The zero-order valence-corrected chi connectivity index (χ0v) is 8.55. The second-order valence-electron chi connectivity index (χ2n) is 3.21. The van der Waals surface area contributed by atoms with Gasteiger partial charge < -0.3 is 9.47 Å². The Labute approximate surface area is 79.5 Å². The van der Waals surface area contributed by atoms with Gasteiger partial charge in [-0.05, 0) is 23.6 Å². The molecule has 0 N–H and O–H groups in total. The van der Waals surface area contributed by atoms with E-state index in [4.69, 9.17) is 9.47 Å². The van der Waals surface area contributed by atoms with Crippen molar-refractivity contribution in [2.75, 3.05) is 14.2 Å². The summed E-state index contributed by atoms with van der Waals surface area (Å²) in [4.78, 5) is 0. The zero-order valence-electron chi connectivity index (χ0n) is 8.55. The summed E-state index contributed by atoms with van der Waals surface area (Å²) in [6.45, 7) is 4.27. The quantitative estimate of drug-likeness (QED) is 0.710. The lowest BCUT2D eigenvalue weighted by Crippen LogP contribution is -1.93. The number of rotatable bonds is 3. The smallest absolute Gasteiger partial charge is 0.130 e. The summed E-state index contributed by atoms with van der Waals surface area (Å²) in [6, 6.07) is 6.95. The monoisotopic (exact) mass is 179 g/mol. The van der Waals surface area contributed by atoms with E-state index in [0.717, 1.165) is 11.5 Å². The fourth-order valence-electron chi connectivity index (χ4n) is 1.09. The molecule has 13 heavy (non-hydrogen) atoms. The Kier molecular flexibility index (Phi) is 3.18. The van der Waals surface area contributed by atoms with E-state index in [2.05, 4.69) is 19.9 Å². The Morgan fingerprint density at radius 1 is 1.08 bits per heavy atom. The first-order valence-corrected chi connectivity index (χ1v) is 4.32. The highest BCUT2D eigenvalue weighted by atomic mass is 16.5. The number of hydrogen-bond acceptors (Lipinski definition) is 2. The Bertz CT molecular complexity index is 257. The lowest BCUT2D eigenvalue weighted by atomic mass is 10.0. The minimum Gasteiger partial charge on any atom is -0.496 e. The molecule has 1 aromatic rings. The Morgan fingerprint density at radius 3 is 1.85 bits per heavy atom. The molecule has 71 valence electrons. The second kappa shape index (κ2) is 4.17. The number of benzene rings is 1. The van der Waals surface area contributed by atoms with Crippen LogP contribution in [0.4, 0.5) is 0 Å². The van der Waals surface area contributed by atoms with Gasteiger partial charge in [-0.2, -0.15) is 0 Å². The summed E-state index contributed by atoms with van der Waals surface area (Å²) in [5.74, 6) is 1.92. The molecule has 0 atom stereocenters. The van der Waals surface area contributed by atoms with Crippen molar-refractivity contribution in [2.45, 2.75) is 19.8 Å². The molecule has 0 heterocycles. The molecule has 0 aliphatic heterocycles. The first-order valence-electron chi connectivity index (χ1n) is 4.32. The van der Waals surface area contributed by atoms with Crippen molar-refractivity contribution in [3.63, 3.8) is 0 Å². The SMILES string of the molecule is COc1[c]c(OC)cc(C(C)C)c1. The molecule has 0 bridgehead atoms. The number of ether oxygens (including phenoxy) is 2. The van der Waals surface area contributed by atoms with Crippen LogP contribution in [0, 0.1) is 6.07 Å². The standard InChI is InChI=1S/C11H15O2/c1-8(2)9-5-10(12-3)7-11(6-9)13-4/h5-6,8H,1-4H3. The predicted molar refractivity (Wildman–Crippen MR) is 52.5 cm³/mol. The van der Waals surface area contributed by atoms with Gasteiger partial charge >= 0.3 is 0 Å². The van der Waals surface area contributed by atoms with Crippen molar-refractivity contribution in [2.24, 2.45) is 0 Å². The molecule has 1 radical (unpaired) electrons. The first-order chi connectivity index (χ1) is 6.17. The molecular weight excluding hydrogens is 164 g/mol. The van der Waals surface area contributed by atoms with Crippen molar-refractivity contribution in [1.82, 2.24) is 0 Å². The Morgan fingerprint density at radius 2 is 1.54 bits per heavy atom. The van der Waals surface area contributed by atoms with Crippen LogP contribution in [0.2, 0.25) is 0 Å². The topological polar surface area (TPSA) is 18.5 Å². The minimum atomic E-state index is 0.470. The molecule has 0 unspecified atom stereocenters. The van der Waals surface area contributed by atoms with Crippen LogP contribution in [-0.2, 0) is 0 Å². The van der Waals surface area contributed by atoms with Gasteiger partial charge in [-0.15, -0.1) is 0 Å². The maximum atomic E-state index is 5.11. The Hall–Kier alpha value is -1.18. The van der Waals surface area contributed by atoms with Crippen LogP contribution in [0.1, 0.15) is 25.3 Å². The summed E-state index contributed by atoms with van der Waals surface area (Å²) in [6.07, 6.45) is 0. The molecule has 2 nitrogen and oxygen atoms in total. The van der Waals surface area contributed by atoms with Crippen molar-refractivity contribution in [1.29, 1.82) is 0 Å². The van der Waals surface area contributed by atoms with Gasteiger partial charge in [0.1, 0.15) is 11.5 Å². The van der Waals surface area contributed by atoms with Crippen LogP contribution in [0.5, 0.6) is 11.5 Å². The third kappa shape index (κ3) is 2.38. The molecule has 0 aliphatic carbocycles. The van der Waals surface area contributed by atoms with Crippen LogP contribution < -0.4 is 9.47 Å². The summed E-state index contributed by atoms with van der Waals surface area (Å²) in [7, 11) is 3.27. The molecule has 1 rings (SSSR count). The molecule has 2 heteroatoms. The van der Waals surface area contributed by atoms with Crippen LogP contribution in [-0.4, -0.2) is 14.2 Å². The van der Waals surface area contributed by atoms with E-state index < -0.39 is 0 Å². The Balaban J connectivity index is 3.07. The molecule has 1 aromatic carbocycles. The molecule has 0 saturated carbocycles. The van der Waals surface area contributed by atoms with Crippen molar-refractivity contribution < 1.29 is 9.47 Å². The van der Waals surface area contributed by atoms with Gasteiger partial charge in [0.05, 0.1) is 20.3 Å². The fourth-order valence-corrected chi connectivity index (χ4v) is 1.09. The first kappa shape index (κ1) is 9.90. The van der Waals surface area contributed by atoms with E-state index in [1.54, 1.807) is 14.2 Å². The van der Waals surface area contributed by atoms with E-state index >= 15 is 0 Å². The highest BCUT2D eigenvalue weighted by Crippen LogP contribution is 2.25. The average molecular weight is 179 g/mol. The van der Waals surface area contributed by atoms with E-state index in [9.17, 15) is 0 Å². The van der Waals surface area contributed by atoms with Crippen molar-refractivity contribution in [3.8, 4) is 11.5 Å². The van der Waals surface area contributed by atoms with E-state index in [1.165, 1.54) is 5.56 Å². The highest BCUT2D eigenvalue weighted by molar-refractivity contribution is 5.38. The molecule has 0 amide bonds. The fraction of sp³-hybridized carbons (Fsp3) is 0.455. The second-order valence-corrected chi connectivity index (χ2v) is 3.21. The van der Waals surface area contributed by atoms with Gasteiger partial charge in [-0.1, -0.05) is 13.8 Å². The normalized spacial score (nSPS) is 10.2. The van der Waals surface area contributed by atoms with Gasteiger partial charge in [0, 0.05) is 0 Å². The lowest BCUT2D eigenvalue weighted by molar-refractivity contribution is 0.391. The molecule has 0 fully saturated rings. The minimum absolute atomic E-state index is 0.470. The third-order valence-corrected chi connectivity index (χ3v) is 1.95. The van der Waals surface area contributed by atoms with Gasteiger partial charge in [0.2, 0.25) is 0 Å². The van der Waals surface area contributed by atoms with Crippen LogP contribution >= 0.6 is 0 Å². The molecular formula is C11H15O2. The number of hydrogen-bond donors (Lipinski definition) is 0. The summed E-state index contributed by atoms with van der Waals surface area (Å²) in [5.41, 5.74) is 1.20. The maximum absolute atomic E-state index is 5.11. The molecule has 0 aliphatic rings. The third-order valence-electron chi connectivity index (χ3n) is 1.95. The summed E-state index contributed by atoms with van der Waals surface area (Å²) in [5, 5.41) is 0. The van der Waals surface area contributed by atoms with Crippen LogP contribution in [0.25, 0.3) is 0 Å². The predicted octanol–water partition coefficient (Wildman–Crippen LogP) is 2.63. The van der Waals surface area contributed by atoms with E-state index in [0.29, 0.717) is 5.92 Å². The molecule has 0 aromatic heterocycles. The van der Waals surface area contributed by atoms with Crippen molar-refractivity contribution >= 4 is 0 Å². The average Bonchev–Trinajstić information content (AvgIpc) is 2.16. The molecule has 0 spiro atoms. The van der Waals surface area contributed by atoms with E-state index in [1.807, 2.05) is 12.1 Å². The summed E-state index contributed by atoms with van der Waals surface area (Å²) < 4.78 is 10.2. The highest BCUT2D eigenvalue weighted by Gasteiger charge is 2.04. The largest absolute Gasteiger partial charge is 0.496 e. The summed E-state index contributed by atoms with van der Waals surface area (Å²) >= 11 is 0. The van der Waals surface area contributed by atoms with Gasteiger partial charge in [0.15, 0.2) is 0 Å². The van der Waals surface area contributed by atoms with Crippen molar-refractivity contribution in [3.05, 3.63) is 23.8 Å². The van der Waals surface area contributed by atoms with Crippen LogP contribution in [0.3, 0.4) is 0 Å². The van der Waals surface area contributed by atoms with Gasteiger partial charge in [-0.3, -0.25) is 0 Å². The van der Waals surface area contributed by atoms with Gasteiger partial charge in [0.25, 0.3) is 0 Å². The van der Waals surface area contributed by atoms with E-state index in [-0.39, 0.29) is 0 Å².